The Morgan fingerprint density at radius 3 is 2.82 bits per heavy atom. The van der Waals surface area contributed by atoms with Gasteiger partial charge in [0.15, 0.2) is 0 Å². The largest absolute Gasteiger partial charge is 0.341 e. The van der Waals surface area contributed by atoms with Gasteiger partial charge in [-0.05, 0) is 29.5 Å². The van der Waals surface area contributed by atoms with Gasteiger partial charge in [0.25, 0.3) is 5.69 Å². The van der Waals surface area contributed by atoms with Crippen molar-refractivity contribution >= 4 is 34.5 Å². The van der Waals surface area contributed by atoms with Crippen LogP contribution in [-0.2, 0) is 17.8 Å². The second-order valence-electron chi connectivity index (χ2n) is 4.86. The van der Waals surface area contributed by atoms with Gasteiger partial charge in [-0.3, -0.25) is 14.9 Å². The molecular formula is C15H15ClN2O3S. The van der Waals surface area contributed by atoms with Gasteiger partial charge in [-0.15, -0.1) is 11.3 Å². The van der Waals surface area contributed by atoms with Crippen molar-refractivity contribution in [2.75, 3.05) is 7.05 Å². The van der Waals surface area contributed by atoms with Crippen LogP contribution >= 0.6 is 22.9 Å². The fourth-order valence-electron chi connectivity index (χ4n) is 2.02. The normalized spacial score (nSPS) is 10.5. The molecule has 0 aliphatic carbocycles. The molecule has 0 aliphatic rings. The van der Waals surface area contributed by atoms with Crippen molar-refractivity contribution in [3.05, 3.63) is 61.3 Å². The molecule has 1 heterocycles. The third kappa shape index (κ3) is 4.29. The number of thiophene rings is 1. The lowest BCUT2D eigenvalue weighted by Crippen LogP contribution is -2.26. The van der Waals surface area contributed by atoms with Gasteiger partial charge in [-0.1, -0.05) is 17.7 Å². The minimum atomic E-state index is -0.474. The third-order valence-electron chi connectivity index (χ3n) is 3.24. The van der Waals surface area contributed by atoms with Gasteiger partial charge >= 0.3 is 0 Å². The van der Waals surface area contributed by atoms with E-state index in [1.807, 2.05) is 17.5 Å². The van der Waals surface area contributed by atoms with E-state index in [1.54, 1.807) is 23.3 Å². The molecule has 0 unspecified atom stereocenters. The van der Waals surface area contributed by atoms with Gasteiger partial charge < -0.3 is 4.90 Å². The summed E-state index contributed by atoms with van der Waals surface area (Å²) >= 11 is 7.67. The van der Waals surface area contributed by atoms with Crippen LogP contribution in [0, 0.1) is 10.1 Å². The van der Waals surface area contributed by atoms with E-state index in [-0.39, 0.29) is 18.1 Å². The SMILES string of the molecule is CN(Cc1cc([N+](=O)[O-])ccc1Cl)C(=O)CCc1cccs1. The second-order valence-corrected chi connectivity index (χ2v) is 6.30. The Bertz CT molecular complexity index is 673. The number of aryl methyl sites for hydroxylation is 1. The van der Waals surface area contributed by atoms with Crippen molar-refractivity contribution in [3.63, 3.8) is 0 Å². The number of halogens is 1. The van der Waals surface area contributed by atoms with Gasteiger partial charge in [0.1, 0.15) is 0 Å². The number of amides is 1. The number of rotatable bonds is 6. The lowest BCUT2D eigenvalue weighted by atomic mass is 10.1. The summed E-state index contributed by atoms with van der Waals surface area (Å²) in [5.41, 5.74) is 0.543. The van der Waals surface area contributed by atoms with Crippen molar-refractivity contribution in [3.8, 4) is 0 Å². The Hall–Kier alpha value is -1.92. The summed E-state index contributed by atoms with van der Waals surface area (Å²) in [5.74, 6) is -0.0176. The standard InChI is InChI=1S/C15H15ClN2O3S/c1-17(15(19)7-5-13-3-2-8-22-13)10-11-9-12(18(20)21)4-6-14(11)16/h2-4,6,8-9H,5,7,10H2,1H3. The Morgan fingerprint density at radius 2 is 2.18 bits per heavy atom. The molecule has 1 amide bonds. The zero-order chi connectivity index (χ0) is 16.1. The number of non-ortho nitro benzene ring substituents is 1. The minimum absolute atomic E-state index is 0.0176. The molecule has 1 aromatic carbocycles. The Balaban J connectivity index is 1.98. The smallest absolute Gasteiger partial charge is 0.269 e. The number of benzene rings is 1. The molecule has 116 valence electrons. The predicted octanol–water partition coefficient (Wildman–Crippen LogP) is 3.90. The summed E-state index contributed by atoms with van der Waals surface area (Å²) in [4.78, 5) is 25.2. The number of nitro benzene ring substituents is 1. The van der Waals surface area contributed by atoms with Crippen LogP contribution in [-0.4, -0.2) is 22.8 Å². The molecule has 7 heteroatoms. The van der Waals surface area contributed by atoms with Crippen LogP contribution in [0.2, 0.25) is 5.02 Å². The number of nitrogens with zero attached hydrogens (tertiary/aromatic N) is 2. The monoisotopic (exact) mass is 338 g/mol. The zero-order valence-electron chi connectivity index (χ0n) is 12.0. The molecule has 0 fully saturated rings. The first-order valence-electron chi connectivity index (χ1n) is 6.66. The molecule has 0 radical (unpaired) electrons. The first-order valence-corrected chi connectivity index (χ1v) is 7.92. The first kappa shape index (κ1) is 16.5. The molecule has 5 nitrogen and oxygen atoms in total. The lowest BCUT2D eigenvalue weighted by Gasteiger charge is -2.17. The van der Waals surface area contributed by atoms with Gasteiger partial charge in [-0.2, -0.15) is 0 Å². The molecule has 0 bridgehead atoms. The van der Waals surface area contributed by atoms with Gasteiger partial charge in [0.2, 0.25) is 5.91 Å². The second kappa shape index (κ2) is 7.38. The maximum Gasteiger partial charge on any atom is 0.269 e. The number of carbonyl (C=O) groups is 1. The maximum atomic E-state index is 12.1. The van der Waals surface area contributed by atoms with E-state index in [0.717, 1.165) is 4.88 Å². The highest BCUT2D eigenvalue weighted by atomic mass is 35.5. The molecule has 22 heavy (non-hydrogen) atoms. The molecular weight excluding hydrogens is 324 g/mol. The van der Waals surface area contributed by atoms with Gasteiger partial charge in [0.05, 0.1) is 4.92 Å². The van der Waals surface area contributed by atoms with Gasteiger partial charge in [0, 0.05) is 42.0 Å². The maximum absolute atomic E-state index is 12.1. The third-order valence-corrected chi connectivity index (χ3v) is 4.54. The highest BCUT2D eigenvalue weighted by molar-refractivity contribution is 7.09. The molecule has 0 N–H and O–H groups in total. The van der Waals surface area contributed by atoms with Crippen molar-refractivity contribution < 1.29 is 9.72 Å². The summed E-state index contributed by atoms with van der Waals surface area (Å²) in [6.07, 6.45) is 1.10. The van der Waals surface area contributed by atoms with Crippen LogP contribution in [0.5, 0.6) is 0 Å². The summed E-state index contributed by atoms with van der Waals surface area (Å²) < 4.78 is 0. The molecule has 0 saturated heterocycles. The van der Waals surface area contributed by atoms with E-state index in [0.29, 0.717) is 23.4 Å². The summed E-state index contributed by atoms with van der Waals surface area (Å²) in [5, 5.41) is 13.2. The van der Waals surface area contributed by atoms with E-state index in [2.05, 4.69) is 0 Å². The number of hydrogen-bond donors (Lipinski definition) is 0. The summed E-state index contributed by atoms with van der Waals surface area (Å²) in [6.45, 7) is 0.254. The van der Waals surface area contributed by atoms with Gasteiger partial charge in [-0.25, -0.2) is 0 Å². The van der Waals surface area contributed by atoms with Crippen molar-refractivity contribution in [2.45, 2.75) is 19.4 Å². The highest BCUT2D eigenvalue weighted by Gasteiger charge is 2.14. The summed E-state index contributed by atoms with van der Waals surface area (Å²) in [7, 11) is 1.67. The van der Waals surface area contributed by atoms with E-state index in [4.69, 9.17) is 11.6 Å². The molecule has 0 atom stereocenters. The first-order chi connectivity index (χ1) is 10.5. The Morgan fingerprint density at radius 1 is 1.41 bits per heavy atom. The van der Waals surface area contributed by atoms with E-state index < -0.39 is 4.92 Å². The number of nitro groups is 1. The summed E-state index contributed by atoms with van der Waals surface area (Å²) in [6, 6.07) is 8.20. The molecule has 0 aliphatic heterocycles. The number of carbonyl (C=O) groups excluding carboxylic acids is 1. The van der Waals surface area contributed by atoms with Crippen LogP contribution in [0.3, 0.4) is 0 Å². The highest BCUT2D eigenvalue weighted by Crippen LogP contribution is 2.23. The van der Waals surface area contributed by atoms with Crippen LogP contribution in [0.4, 0.5) is 5.69 Å². The van der Waals surface area contributed by atoms with E-state index >= 15 is 0 Å². The molecule has 2 aromatic rings. The predicted molar refractivity (Wildman–Crippen MR) is 87.2 cm³/mol. The van der Waals surface area contributed by atoms with Crippen LogP contribution in [0.1, 0.15) is 16.9 Å². The zero-order valence-corrected chi connectivity index (χ0v) is 13.6. The average Bonchev–Trinajstić information content (AvgIpc) is 3.00. The van der Waals surface area contributed by atoms with Crippen molar-refractivity contribution in [1.29, 1.82) is 0 Å². The van der Waals surface area contributed by atoms with E-state index in [1.165, 1.54) is 18.2 Å². The average molecular weight is 339 g/mol. The molecule has 0 spiro atoms. The van der Waals surface area contributed by atoms with Crippen molar-refractivity contribution in [1.82, 2.24) is 4.90 Å². The topological polar surface area (TPSA) is 63.4 Å². The van der Waals surface area contributed by atoms with Crippen LogP contribution in [0.25, 0.3) is 0 Å². The Labute approximate surface area is 137 Å². The van der Waals surface area contributed by atoms with Crippen LogP contribution < -0.4 is 0 Å². The minimum Gasteiger partial charge on any atom is -0.341 e. The van der Waals surface area contributed by atoms with Crippen molar-refractivity contribution in [2.24, 2.45) is 0 Å². The quantitative estimate of drug-likeness (QED) is 0.592. The molecule has 2 rings (SSSR count). The Kier molecular flexibility index (Phi) is 5.51. The fourth-order valence-corrected chi connectivity index (χ4v) is 2.90. The fraction of sp³-hybridized carbons (Fsp3) is 0.267. The molecule has 1 aromatic heterocycles. The molecule has 0 saturated carbocycles. The van der Waals surface area contributed by atoms with Crippen LogP contribution in [0.15, 0.2) is 35.7 Å². The van der Waals surface area contributed by atoms with E-state index in [9.17, 15) is 14.9 Å². The lowest BCUT2D eigenvalue weighted by molar-refractivity contribution is -0.384. The number of hydrogen-bond acceptors (Lipinski definition) is 4.